The maximum Gasteiger partial charge on any atom is 0.516 e. The Morgan fingerprint density at radius 1 is 0.824 bits per heavy atom. The molecular weight excluding hydrogens is 463 g/mol. The van der Waals surface area contributed by atoms with E-state index in [4.69, 9.17) is 0 Å². The lowest BCUT2D eigenvalue weighted by molar-refractivity contribution is -0.115. The summed E-state index contributed by atoms with van der Waals surface area (Å²) < 4.78 is 60.3. The molecule has 0 aliphatic carbocycles. The van der Waals surface area contributed by atoms with Crippen LogP contribution in [0.2, 0.25) is 0 Å². The molecule has 0 spiro atoms. The maximum atomic E-state index is 12.4. The molecule has 0 aromatic heterocycles. The molecule has 1 N–H and O–H groups in total. The average Bonchev–Trinajstić information content (AvgIpc) is 2.82. The Bertz CT molecular complexity index is 1300. The van der Waals surface area contributed by atoms with Crippen LogP contribution in [-0.2, 0) is 14.8 Å². The number of hydrogen-bond acceptors (Lipinski definition) is 3. The summed E-state index contributed by atoms with van der Waals surface area (Å²) in [5.41, 5.74) is 0.194. The van der Waals surface area contributed by atoms with E-state index in [1.165, 1.54) is 6.08 Å². The lowest BCUT2D eigenvalue weighted by Crippen LogP contribution is -2.39. The summed E-state index contributed by atoms with van der Waals surface area (Å²) in [6.07, 6.45) is 2.77. The molecule has 0 aliphatic heterocycles. The highest BCUT2D eigenvalue weighted by Gasteiger charge is 2.46. The SMILES string of the molecule is CC/C(=C(\c1ccccc1)c1ccc(/C=C/C(=O)NS(=O)(=O)C(F)(F)F)cc1)c1ccccc1. The Balaban J connectivity index is 1.93. The number of nitrogens with one attached hydrogen (secondary N) is 1. The second-order valence-corrected chi connectivity index (χ2v) is 8.98. The summed E-state index contributed by atoms with van der Waals surface area (Å²) >= 11 is 0. The molecule has 4 nitrogen and oxygen atoms in total. The Hall–Kier alpha value is -3.65. The van der Waals surface area contributed by atoms with Crippen molar-refractivity contribution in [2.24, 2.45) is 0 Å². The van der Waals surface area contributed by atoms with Gasteiger partial charge in [0.15, 0.2) is 0 Å². The van der Waals surface area contributed by atoms with E-state index in [0.29, 0.717) is 5.56 Å². The van der Waals surface area contributed by atoms with E-state index >= 15 is 0 Å². The topological polar surface area (TPSA) is 63.2 Å². The van der Waals surface area contributed by atoms with Gasteiger partial charge in [-0.05, 0) is 45.9 Å². The van der Waals surface area contributed by atoms with Crippen molar-refractivity contribution in [1.29, 1.82) is 0 Å². The summed E-state index contributed by atoms with van der Waals surface area (Å²) in [6, 6.07) is 27.0. The number of halogens is 3. The average molecular weight is 486 g/mol. The van der Waals surface area contributed by atoms with Crippen LogP contribution in [0, 0.1) is 0 Å². The monoisotopic (exact) mass is 485 g/mol. The third-order valence-electron chi connectivity index (χ3n) is 5.01. The summed E-state index contributed by atoms with van der Waals surface area (Å²) in [5, 5.41) is 0. The lowest BCUT2D eigenvalue weighted by atomic mass is 9.88. The molecule has 3 rings (SSSR count). The highest BCUT2D eigenvalue weighted by molar-refractivity contribution is 7.90. The van der Waals surface area contributed by atoms with Crippen molar-refractivity contribution in [2.75, 3.05) is 0 Å². The van der Waals surface area contributed by atoms with Crippen molar-refractivity contribution in [1.82, 2.24) is 4.72 Å². The van der Waals surface area contributed by atoms with Gasteiger partial charge in [0.05, 0.1) is 0 Å². The van der Waals surface area contributed by atoms with E-state index in [9.17, 15) is 26.4 Å². The molecule has 3 aromatic rings. The molecule has 0 radical (unpaired) electrons. The van der Waals surface area contributed by atoms with Crippen molar-refractivity contribution < 1.29 is 26.4 Å². The van der Waals surface area contributed by atoms with E-state index in [1.807, 2.05) is 72.8 Å². The fourth-order valence-corrected chi connectivity index (χ4v) is 3.89. The number of benzene rings is 3. The van der Waals surface area contributed by atoms with Gasteiger partial charge < -0.3 is 0 Å². The van der Waals surface area contributed by atoms with E-state index in [0.717, 1.165) is 45.1 Å². The largest absolute Gasteiger partial charge is 0.516 e. The number of carbonyl (C=O) groups is 1. The molecule has 34 heavy (non-hydrogen) atoms. The number of sulfonamides is 1. The molecule has 0 atom stereocenters. The van der Waals surface area contributed by atoms with Gasteiger partial charge in [-0.2, -0.15) is 21.6 Å². The van der Waals surface area contributed by atoms with Gasteiger partial charge in [-0.25, -0.2) is 4.72 Å². The minimum absolute atomic E-state index is 0.522. The zero-order chi connectivity index (χ0) is 24.8. The molecule has 8 heteroatoms. The molecular formula is C26H22F3NO3S. The highest BCUT2D eigenvalue weighted by atomic mass is 32.2. The Labute approximate surface area is 196 Å². The fourth-order valence-electron chi connectivity index (χ4n) is 3.44. The summed E-state index contributed by atoms with van der Waals surface area (Å²) in [5.74, 6) is -1.39. The summed E-state index contributed by atoms with van der Waals surface area (Å²) in [4.78, 5) is 11.6. The number of alkyl halides is 3. The van der Waals surface area contributed by atoms with Crippen LogP contribution in [0.1, 0.15) is 35.6 Å². The third kappa shape index (κ3) is 6.02. The maximum absolute atomic E-state index is 12.4. The van der Waals surface area contributed by atoms with Gasteiger partial charge in [0, 0.05) is 6.08 Å². The first-order valence-corrected chi connectivity index (χ1v) is 11.9. The fraction of sp³-hybridized carbons (Fsp3) is 0.115. The van der Waals surface area contributed by atoms with Crippen LogP contribution in [0.15, 0.2) is 91.0 Å². The van der Waals surface area contributed by atoms with Crippen LogP contribution < -0.4 is 4.72 Å². The molecule has 1 amide bonds. The molecule has 0 fully saturated rings. The quantitative estimate of drug-likeness (QED) is 0.328. The van der Waals surface area contributed by atoms with Crippen LogP contribution in [0.3, 0.4) is 0 Å². The summed E-state index contributed by atoms with van der Waals surface area (Å²) in [6.45, 7) is 2.08. The van der Waals surface area contributed by atoms with E-state index in [-0.39, 0.29) is 0 Å². The predicted molar refractivity (Wildman–Crippen MR) is 128 cm³/mol. The van der Waals surface area contributed by atoms with E-state index in [1.54, 1.807) is 12.1 Å². The number of carbonyl (C=O) groups excluding carboxylic acids is 1. The molecule has 0 heterocycles. The first-order chi connectivity index (χ1) is 16.1. The number of allylic oxidation sites excluding steroid dienone is 1. The van der Waals surface area contributed by atoms with Crippen molar-refractivity contribution in [3.05, 3.63) is 113 Å². The second kappa shape index (κ2) is 10.5. The molecule has 0 saturated carbocycles. The first kappa shape index (κ1) is 25.0. The number of amides is 1. The zero-order valence-electron chi connectivity index (χ0n) is 18.2. The molecule has 176 valence electrons. The van der Waals surface area contributed by atoms with Gasteiger partial charge in [0.2, 0.25) is 0 Å². The van der Waals surface area contributed by atoms with Crippen LogP contribution in [-0.4, -0.2) is 19.8 Å². The van der Waals surface area contributed by atoms with Crippen molar-refractivity contribution >= 4 is 33.2 Å². The molecule has 0 bridgehead atoms. The van der Waals surface area contributed by atoms with Crippen molar-refractivity contribution in [2.45, 2.75) is 18.9 Å². The van der Waals surface area contributed by atoms with Crippen LogP contribution in [0.5, 0.6) is 0 Å². The minimum atomic E-state index is -5.75. The highest BCUT2D eigenvalue weighted by Crippen LogP contribution is 2.34. The van der Waals surface area contributed by atoms with Crippen molar-refractivity contribution in [3.63, 3.8) is 0 Å². The molecule has 0 saturated heterocycles. The minimum Gasteiger partial charge on any atom is -0.269 e. The van der Waals surface area contributed by atoms with Crippen molar-refractivity contribution in [3.8, 4) is 0 Å². The van der Waals surface area contributed by atoms with E-state index < -0.39 is 21.4 Å². The number of hydrogen-bond donors (Lipinski definition) is 1. The Kier molecular flexibility index (Phi) is 7.73. The zero-order valence-corrected chi connectivity index (χ0v) is 19.0. The van der Waals surface area contributed by atoms with Crippen LogP contribution in [0.25, 0.3) is 17.2 Å². The van der Waals surface area contributed by atoms with Gasteiger partial charge in [0.25, 0.3) is 5.91 Å². The van der Waals surface area contributed by atoms with Gasteiger partial charge >= 0.3 is 15.5 Å². The van der Waals surface area contributed by atoms with Crippen LogP contribution in [0.4, 0.5) is 13.2 Å². The predicted octanol–water partition coefficient (Wildman–Crippen LogP) is 6.03. The summed E-state index contributed by atoms with van der Waals surface area (Å²) in [7, 11) is -5.75. The molecule has 0 unspecified atom stereocenters. The Morgan fingerprint density at radius 2 is 1.32 bits per heavy atom. The Morgan fingerprint density at radius 3 is 1.82 bits per heavy atom. The molecule has 0 aliphatic rings. The lowest BCUT2D eigenvalue weighted by Gasteiger charge is -2.16. The van der Waals surface area contributed by atoms with Gasteiger partial charge in [-0.15, -0.1) is 0 Å². The van der Waals surface area contributed by atoms with Gasteiger partial charge in [-0.1, -0.05) is 91.9 Å². The smallest absolute Gasteiger partial charge is 0.269 e. The van der Waals surface area contributed by atoms with Gasteiger partial charge in [0.1, 0.15) is 0 Å². The third-order valence-corrected chi connectivity index (χ3v) is 6.09. The van der Waals surface area contributed by atoms with E-state index in [2.05, 4.69) is 6.92 Å². The van der Waals surface area contributed by atoms with Crippen LogP contribution >= 0.6 is 0 Å². The van der Waals surface area contributed by atoms with Gasteiger partial charge in [-0.3, -0.25) is 4.79 Å². The standard InChI is InChI=1S/C26H22F3NO3S/c1-2-23(20-9-5-3-6-10-20)25(21-11-7-4-8-12-21)22-16-13-19(14-17-22)15-18-24(31)30-34(32,33)26(27,28)29/h3-18H,2H2,1H3,(H,30,31)/b18-15+,25-23-. The second-order valence-electron chi connectivity index (χ2n) is 7.31. The molecule has 3 aromatic carbocycles. The first-order valence-electron chi connectivity index (χ1n) is 10.4. The normalized spacial score (nSPS) is 12.9. The number of rotatable bonds is 7.